The Hall–Kier alpha value is -1.84. The molecule has 7 heteroatoms. The second-order valence-corrected chi connectivity index (χ2v) is 2.49. The molecular formula is C8H4F4N2O. The molecule has 0 aliphatic rings. The molecule has 0 spiro atoms. The highest BCUT2D eigenvalue weighted by Gasteiger charge is 2.32. The van der Waals surface area contributed by atoms with Crippen LogP contribution in [0.5, 0.6) is 5.75 Å². The molecule has 0 fully saturated rings. The molecule has 0 saturated heterocycles. The van der Waals surface area contributed by atoms with Gasteiger partial charge in [0.1, 0.15) is 0 Å². The van der Waals surface area contributed by atoms with Gasteiger partial charge in [0.15, 0.2) is 11.6 Å². The first-order chi connectivity index (χ1) is 6.92. The lowest BCUT2D eigenvalue weighted by Gasteiger charge is -2.09. The highest BCUT2D eigenvalue weighted by Crippen LogP contribution is 2.25. The van der Waals surface area contributed by atoms with Crippen LogP contribution in [0.3, 0.4) is 0 Å². The van der Waals surface area contributed by atoms with E-state index in [1.165, 1.54) is 0 Å². The minimum absolute atomic E-state index is 0.0122. The van der Waals surface area contributed by atoms with Crippen LogP contribution >= 0.6 is 0 Å². The van der Waals surface area contributed by atoms with E-state index in [0.29, 0.717) is 6.20 Å². The van der Waals surface area contributed by atoms with Crippen molar-refractivity contribution in [2.24, 2.45) is 0 Å². The molecule has 0 radical (unpaired) electrons. The summed E-state index contributed by atoms with van der Waals surface area (Å²) in [4.78, 5) is 3.41. The molecule has 3 nitrogen and oxygen atoms in total. The molecule has 1 rings (SSSR count). The van der Waals surface area contributed by atoms with Crippen LogP contribution in [0.1, 0.15) is 5.69 Å². The molecule has 0 amide bonds. The summed E-state index contributed by atoms with van der Waals surface area (Å²) < 4.78 is 51.5. The van der Waals surface area contributed by atoms with Crippen LogP contribution in [-0.2, 0) is 6.42 Å². The van der Waals surface area contributed by atoms with Crippen molar-refractivity contribution in [2.45, 2.75) is 12.8 Å². The van der Waals surface area contributed by atoms with Crippen molar-refractivity contribution in [3.63, 3.8) is 0 Å². The van der Waals surface area contributed by atoms with Crippen molar-refractivity contribution < 1.29 is 22.3 Å². The van der Waals surface area contributed by atoms with Crippen LogP contribution < -0.4 is 4.74 Å². The highest BCUT2D eigenvalue weighted by atomic mass is 19.4. The van der Waals surface area contributed by atoms with Gasteiger partial charge in [-0.05, 0) is 0 Å². The summed E-state index contributed by atoms with van der Waals surface area (Å²) in [6, 6.07) is 2.41. The molecule has 0 aliphatic carbocycles. The first kappa shape index (κ1) is 11.2. The predicted molar refractivity (Wildman–Crippen MR) is 40.2 cm³/mol. The number of aromatic nitrogens is 1. The van der Waals surface area contributed by atoms with Crippen molar-refractivity contribution in [1.82, 2.24) is 4.98 Å². The van der Waals surface area contributed by atoms with Gasteiger partial charge in [-0.2, -0.15) is 5.26 Å². The topological polar surface area (TPSA) is 45.9 Å². The maximum atomic E-state index is 12.8. The lowest BCUT2D eigenvalue weighted by molar-refractivity contribution is -0.275. The summed E-state index contributed by atoms with van der Waals surface area (Å²) in [5, 5.41) is 8.27. The van der Waals surface area contributed by atoms with Crippen LogP contribution in [-0.4, -0.2) is 11.3 Å². The third-order valence-electron chi connectivity index (χ3n) is 1.36. The van der Waals surface area contributed by atoms with Crippen LogP contribution in [0, 0.1) is 17.1 Å². The molecule has 0 N–H and O–H groups in total. The number of alkyl halides is 3. The molecule has 0 saturated carbocycles. The fraction of sp³-hybridized carbons (Fsp3) is 0.250. The maximum Gasteiger partial charge on any atom is 0.573 e. The number of hydrogen-bond donors (Lipinski definition) is 0. The van der Waals surface area contributed by atoms with E-state index in [1.807, 2.05) is 0 Å². The molecule has 15 heavy (non-hydrogen) atoms. The van der Waals surface area contributed by atoms with Crippen LogP contribution in [0.2, 0.25) is 0 Å². The predicted octanol–water partition coefficient (Wildman–Crippen LogP) is 2.19. The number of ether oxygens (including phenoxy) is 1. The van der Waals surface area contributed by atoms with Gasteiger partial charge in [0.25, 0.3) is 0 Å². The number of rotatable bonds is 2. The molecule has 0 atom stereocenters. The Kier molecular flexibility index (Phi) is 3.09. The highest BCUT2D eigenvalue weighted by molar-refractivity contribution is 5.26. The fourth-order valence-corrected chi connectivity index (χ4v) is 0.841. The van der Waals surface area contributed by atoms with Gasteiger partial charge in [0, 0.05) is 6.07 Å². The number of nitriles is 1. The number of hydrogen-bond acceptors (Lipinski definition) is 3. The maximum absolute atomic E-state index is 12.8. The third kappa shape index (κ3) is 3.42. The normalized spacial score (nSPS) is 10.9. The minimum atomic E-state index is -4.97. The number of halogens is 4. The van der Waals surface area contributed by atoms with Gasteiger partial charge in [-0.1, -0.05) is 0 Å². The average molecular weight is 220 g/mol. The van der Waals surface area contributed by atoms with Crippen LogP contribution in [0.15, 0.2) is 12.3 Å². The van der Waals surface area contributed by atoms with E-state index in [9.17, 15) is 17.6 Å². The number of nitrogens with zero attached hydrogens (tertiary/aromatic N) is 2. The third-order valence-corrected chi connectivity index (χ3v) is 1.36. The molecule has 80 valence electrons. The van der Waals surface area contributed by atoms with Crippen molar-refractivity contribution >= 4 is 0 Å². The molecule has 0 aromatic carbocycles. The second-order valence-electron chi connectivity index (χ2n) is 2.49. The van der Waals surface area contributed by atoms with Gasteiger partial charge < -0.3 is 4.74 Å². The van der Waals surface area contributed by atoms with Crippen molar-refractivity contribution in [3.05, 3.63) is 23.8 Å². The Labute approximate surface area is 81.9 Å². The first-order valence-electron chi connectivity index (χ1n) is 3.69. The van der Waals surface area contributed by atoms with E-state index in [-0.39, 0.29) is 12.1 Å². The smallest absolute Gasteiger partial charge is 0.403 e. The minimum Gasteiger partial charge on any atom is -0.403 e. The Morgan fingerprint density at radius 2 is 2.13 bits per heavy atom. The van der Waals surface area contributed by atoms with Gasteiger partial charge in [-0.25, -0.2) is 4.39 Å². The van der Waals surface area contributed by atoms with E-state index >= 15 is 0 Å². The lowest BCUT2D eigenvalue weighted by atomic mass is 10.3. The van der Waals surface area contributed by atoms with E-state index in [0.717, 1.165) is 6.07 Å². The van der Waals surface area contributed by atoms with Gasteiger partial charge in [-0.3, -0.25) is 4.98 Å². The van der Waals surface area contributed by atoms with Gasteiger partial charge >= 0.3 is 6.36 Å². The van der Waals surface area contributed by atoms with E-state index in [1.54, 1.807) is 6.07 Å². The second kappa shape index (κ2) is 4.13. The van der Waals surface area contributed by atoms with E-state index < -0.39 is 17.9 Å². The molecule has 1 heterocycles. The number of pyridine rings is 1. The molecule has 1 aromatic heterocycles. The Balaban J connectivity index is 2.96. The Morgan fingerprint density at radius 3 is 2.67 bits per heavy atom. The molecule has 0 aliphatic heterocycles. The largest absolute Gasteiger partial charge is 0.573 e. The molecule has 0 bridgehead atoms. The van der Waals surface area contributed by atoms with Gasteiger partial charge in [-0.15, -0.1) is 13.2 Å². The zero-order chi connectivity index (χ0) is 11.5. The molecular weight excluding hydrogens is 216 g/mol. The van der Waals surface area contributed by atoms with Crippen molar-refractivity contribution in [2.75, 3.05) is 0 Å². The SMILES string of the molecule is N#CCc1cc(OC(F)(F)F)c(F)cn1. The summed E-state index contributed by atoms with van der Waals surface area (Å²) >= 11 is 0. The summed E-state index contributed by atoms with van der Waals surface area (Å²) in [5.74, 6) is -2.21. The average Bonchev–Trinajstić information content (AvgIpc) is 2.09. The summed E-state index contributed by atoms with van der Waals surface area (Å²) in [6.07, 6.45) is -4.60. The van der Waals surface area contributed by atoms with E-state index in [2.05, 4.69) is 9.72 Å². The van der Waals surface area contributed by atoms with Crippen LogP contribution in [0.4, 0.5) is 17.6 Å². The zero-order valence-electron chi connectivity index (χ0n) is 7.18. The summed E-state index contributed by atoms with van der Waals surface area (Å²) in [5.41, 5.74) is 0.0122. The lowest BCUT2D eigenvalue weighted by Crippen LogP contribution is -2.18. The summed E-state index contributed by atoms with van der Waals surface area (Å²) in [7, 11) is 0. The zero-order valence-corrected chi connectivity index (χ0v) is 7.18. The van der Waals surface area contributed by atoms with E-state index in [4.69, 9.17) is 5.26 Å². The van der Waals surface area contributed by atoms with Gasteiger partial charge in [0.2, 0.25) is 0 Å². The Morgan fingerprint density at radius 1 is 1.47 bits per heavy atom. The molecule has 0 unspecified atom stereocenters. The van der Waals surface area contributed by atoms with Crippen LogP contribution in [0.25, 0.3) is 0 Å². The molecule has 1 aromatic rings. The monoisotopic (exact) mass is 220 g/mol. The van der Waals surface area contributed by atoms with Crippen molar-refractivity contribution in [1.29, 1.82) is 5.26 Å². The first-order valence-corrected chi connectivity index (χ1v) is 3.69. The van der Waals surface area contributed by atoms with Gasteiger partial charge in [0.05, 0.1) is 24.4 Å². The fourth-order valence-electron chi connectivity index (χ4n) is 0.841. The standard InChI is InChI=1S/C8H4F4N2O/c9-6-4-14-5(1-2-13)3-7(6)15-8(10,11)12/h3-4H,1H2. The van der Waals surface area contributed by atoms with Crippen molar-refractivity contribution in [3.8, 4) is 11.8 Å². The Bertz CT molecular complexity index is 397. The quantitative estimate of drug-likeness (QED) is 0.717. The summed E-state index contributed by atoms with van der Waals surface area (Å²) in [6.45, 7) is 0.